The summed E-state index contributed by atoms with van der Waals surface area (Å²) in [5, 5.41) is 41.6. The van der Waals surface area contributed by atoms with Gasteiger partial charge in [-0.15, -0.1) is 21.6 Å². The number of thiophene rings is 1. The molecule has 2 heterocycles. The molecule has 0 aliphatic heterocycles. The van der Waals surface area contributed by atoms with Crippen molar-refractivity contribution in [1.29, 1.82) is 15.8 Å². The SMILES string of the molecule is C=CS(=O)(=O)CCN(C)c1nc(NCCCOC)c(/N=N/c2sc(C#N)c(C)c2C#N)c(C)c1C#N. The first-order valence-corrected chi connectivity index (χ1v) is 13.3. The third kappa shape index (κ3) is 6.64. The van der Waals surface area contributed by atoms with Gasteiger partial charge in [-0.3, -0.25) is 0 Å². The van der Waals surface area contributed by atoms with Crippen molar-refractivity contribution in [3.63, 3.8) is 0 Å². The Morgan fingerprint density at radius 1 is 1.17 bits per heavy atom. The van der Waals surface area contributed by atoms with Gasteiger partial charge in [0, 0.05) is 44.8 Å². The third-order valence-electron chi connectivity index (χ3n) is 5.23. The first-order valence-electron chi connectivity index (χ1n) is 10.7. The van der Waals surface area contributed by atoms with Gasteiger partial charge < -0.3 is 15.0 Å². The van der Waals surface area contributed by atoms with Gasteiger partial charge in [-0.05, 0) is 25.8 Å². The van der Waals surface area contributed by atoms with Gasteiger partial charge in [0.15, 0.2) is 20.7 Å². The number of hydrogen-bond acceptors (Lipinski definition) is 12. The highest BCUT2D eigenvalue weighted by atomic mass is 32.2. The summed E-state index contributed by atoms with van der Waals surface area (Å²) in [4.78, 5) is 6.54. The van der Waals surface area contributed by atoms with Gasteiger partial charge in [-0.1, -0.05) is 6.58 Å². The highest BCUT2D eigenvalue weighted by Crippen LogP contribution is 2.39. The molecule has 2 aromatic rings. The third-order valence-corrected chi connectivity index (χ3v) is 7.57. The van der Waals surface area contributed by atoms with E-state index in [0.717, 1.165) is 16.7 Å². The van der Waals surface area contributed by atoms with E-state index in [1.165, 1.54) is 0 Å². The summed E-state index contributed by atoms with van der Waals surface area (Å²) in [6, 6.07) is 6.23. The quantitative estimate of drug-likeness (QED) is 0.314. The lowest BCUT2D eigenvalue weighted by Gasteiger charge is -2.22. The fourth-order valence-corrected chi connectivity index (χ4v) is 4.68. The largest absolute Gasteiger partial charge is 0.385 e. The zero-order valence-electron chi connectivity index (χ0n) is 20.5. The number of nitrogens with zero attached hydrogens (tertiary/aromatic N) is 7. The summed E-state index contributed by atoms with van der Waals surface area (Å²) >= 11 is 1.06. The maximum atomic E-state index is 11.9. The molecule has 2 rings (SSSR count). The first-order chi connectivity index (χ1) is 17.1. The maximum Gasteiger partial charge on any atom is 0.172 e. The molecule has 188 valence electrons. The standard InChI is InChI=1S/C23H26N8O3S2/c1-6-36(32,33)11-9-31(4)22-17(12-24)16(3)20(21(28-22)27-8-7-10-34-5)29-30-23-18(13-25)15(2)19(14-26)35-23/h6H,1,7-11H2,2-5H3,(H,27,28)/b30-29+. The predicted octanol–water partition coefficient (Wildman–Crippen LogP) is 4.23. The Morgan fingerprint density at radius 3 is 2.44 bits per heavy atom. The number of pyridine rings is 1. The molecule has 0 fully saturated rings. The maximum absolute atomic E-state index is 11.9. The number of nitriles is 3. The molecule has 36 heavy (non-hydrogen) atoms. The summed E-state index contributed by atoms with van der Waals surface area (Å²) in [6.45, 7) is 7.79. The number of azo groups is 1. The molecule has 13 heteroatoms. The monoisotopic (exact) mass is 526 g/mol. The number of hydrogen-bond donors (Lipinski definition) is 1. The van der Waals surface area contributed by atoms with Crippen molar-refractivity contribution in [3.8, 4) is 18.2 Å². The smallest absolute Gasteiger partial charge is 0.172 e. The zero-order valence-corrected chi connectivity index (χ0v) is 22.1. The van der Waals surface area contributed by atoms with Gasteiger partial charge in [0.05, 0.1) is 16.9 Å². The summed E-state index contributed by atoms with van der Waals surface area (Å²) in [5.41, 5.74) is 1.79. The Hall–Kier alpha value is -3.83. The van der Waals surface area contributed by atoms with Crippen molar-refractivity contribution in [2.75, 3.05) is 49.8 Å². The van der Waals surface area contributed by atoms with Crippen LogP contribution in [0.2, 0.25) is 0 Å². The molecule has 1 N–H and O–H groups in total. The molecule has 0 amide bonds. The van der Waals surface area contributed by atoms with Gasteiger partial charge in [-0.2, -0.15) is 15.8 Å². The van der Waals surface area contributed by atoms with Crippen LogP contribution in [0, 0.1) is 47.8 Å². The van der Waals surface area contributed by atoms with E-state index >= 15 is 0 Å². The molecule has 0 aromatic carbocycles. The molecule has 11 nitrogen and oxygen atoms in total. The number of sulfone groups is 1. The Morgan fingerprint density at radius 2 is 1.86 bits per heavy atom. The lowest BCUT2D eigenvalue weighted by Crippen LogP contribution is -2.26. The summed E-state index contributed by atoms with van der Waals surface area (Å²) in [5.74, 6) is 0.443. The van der Waals surface area contributed by atoms with Crippen molar-refractivity contribution in [1.82, 2.24) is 4.98 Å². The van der Waals surface area contributed by atoms with E-state index in [1.54, 1.807) is 32.9 Å². The molecule has 0 aliphatic carbocycles. The van der Waals surface area contributed by atoms with Crippen LogP contribution < -0.4 is 10.2 Å². The molecular weight excluding hydrogens is 500 g/mol. The van der Waals surface area contributed by atoms with Crippen LogP contribution in [-0.2, 0) is 14.6 Å². The van der Waals surface area contributed by atoms with Crippen molar-refractivity contribution in [2.45, 2.75) is 20.3 Å². The van der Waals surface area contributed by atoms with E-state index in [4.69, 9.17) is 4.74 Å². The second kappa shape index (κ2) is 12.8. The topological polar surface area (TPSA) is 168 Å². The van der Waals surface area contributed by atoms with Crippen molar-refractivity contribution < 1.29 is 13.2 Å². The van der Waals surface area contributed by atoms with Crippen molar-refractivity contribution in [2.24, 2.45) is 10.2 Å². The van der Waals surface area contributed by atoms with Gasteiger partial charge >= 0.3 is 0 Å². The first kappa shape index (κ1) is 28.4. The molecule has 0 spiro atoms. The van der Waals surface area contributed by atoms with E-state index in [2.05, 4.69) is 39.2 Å². The lowest BCUT2D eigenvalue weighted by molar-refractivity contribution is 0.198. The minimum Gasteiger partial charge on any atom is -0.385 e. The summed E-state index contributed by atoms with van der Waals surface area (Å²) in [7, 11) is -0.197. The van der Waals surface area contributed by atoms with E-state index in [1.807, 2.05) is 6.07 Å². The van der Waals surface area contributed by atoms with Crippen LogP contribution in [0.5, 0.6) is 0 Å². The van der Waals surface area contributed by atoms with Crippen molar-refractivity contribution >= 4 is 43.5 Å². The minimum absolute atomic E-state index is 0.0936. The number of anilines is 2. The van der Waals surface area contributed by atoms with E-state index in [-0.39, 0.29) is 28.4 Å². The van der Waals surface area contributed by atoms with Crippen molar-refractivity contribution in [3.05, 3.63) is 39.1 Å². The Balaban J connectivity index is 2.59. The average molecular weight is 527 g/mol. The molecule has 0 saturated carbocycles. The number of ether oxygens (including phenoxy) is 1. The minimum atomic E-state index is -3.44. The van der Waals surface area contributed by atoms with E-state index in [9.17, 15) is 24.2 Å². The van der Waals surface area contributed by atoms with Gasteiger partial charge in [-0.25, -0.2) is 13.4 Å². The second-order valence-corrected chi connectivity index (χ2v) is 10.7. The number of nitrogens with one attached hydrogen (secondary N) is 1. The number of methoxy groups -OCH3 is 1. The lowest BCUT2D eigenvalue weighted by atomic mass is 10.1. The number of rotatable bonds is 12. The molecule has 0 radical (unpaired) electrons. The molecule has 2 aromatic heterocycles. The van der Waals surface area contributed by atoms with Crippen LogP contribution in [0.4, 0.5) is 22.3 Å². The van der Waals surface area contributed by atoms with Crippen LogP contribution in [0.1, 0.15) is 33.6 Å². The normalized spacial score (nSPS) is 11.0. The summed E-state index contributed by atoms with van der Waals surface area (Å²) in [6.07, 6.45) is 0.671. The Labute approximate surface area is 214 Å². The van der Waals surface area contributed by atoms with Crippen LogP contribution in [0.25, 0.3) is 0 Å². The highest BCUT2D eigenvalue weighted by Gasteiger charge is 2.21. The number of aromatic nitrogens is 1. The molecule has 0 bridgehead atoms. The van der Waals surface area contributed by atoms with Gasteiger partial charge in [0.25, 0.3) is 0 Å². The fourth-order valence-electron chi connectivity index (χ4n) is 3.11. The van der Waals surface area contributed by atoms with Crippen LogP contribution in [-0.4, -0.2) is 53.0 Å². The van der Waals surface area contributed by atoms with Gasteiger partial charge in [0.2, 0.25) is 0 Å². The predicted molar refractivity (Wildman–Crippen MR) is 139 cm³/mol. The fraction of sp³-hybridized carbons (Fsp3) is 0.391. The Kier molecular flexibility index (Phi) is 10.1. The second-order valence-electron chi connectivity index (χ2n) is 7.63. The summed E-state index contributed by atoms with van der Waals surface area (Å²) < 4.78 is 28.8. The molecule has 0 unspecified atom stereocenters. The van der Waals surface area contributed by atoms with Crippen LogP contribution in [0.3, 0.4) is 0 Å². The van der Waals surface area contributed by atoms with Gasteiger partial charge in [0.1, 0.15) is 34.6 Å². The van der Waals surface area contributed by atoms with E-state index < -0.39 is 9.84 Å². The van der Waals surface area contributed by atoms with E-state index in [0.29, 0.717) is 52.9 Å². The molecule has 0 atom stereocenters. The highest BCUT2D eigenvalue weighted by molar-refractivity contribution is 7.94. The Bertz CT molecular complexity index is 1390. The molecule has 0 aliphatic rings. The molecule has 0 saturated heterocycles. The van der Waals surface area contributed by atoms with Crippen LogP contribution in [0.15, 0.2) is 22.2 Å². The molecular formula is C23H26N8O3S2. The zero-order chi connectivity index (χ0) is 26.9. The average Bonchev–Trinajstić information content (AvgIpc) is 3.18. The van der Waals surface area contributed by atoms with Crippen LogP contribution >= 0.6 is 11.3 Å².